The van der Waals surface area contributed by atoms with Crippen molar-refractivity contribution in [2.45, 2.75) is 70.8 Å². The Balaban J connectivity index is 1.77. The van der Waals surface area contributed by atoms with E-state index in [2.05, 4.69) is 11.8 Å². The molecule has 0 spiro atoms. The van der Waals surface area contributed by atoms with Crippen LogP contribution in [0.5, 0.6) is 0 Å². The summed E-state index contributed by atoms with van der Waals surface area (Å²) in [7, 11) is 0. The third-order valence-corrected chi connectivity index (χ3v) is 5.01. The predicted molar refractivity (Wildman–Crippen MR) is 76.8 cm³/mol. The Morgan fingerprint density at radius 1 is 1.21 bits per heavy atom. The lowest BCUT2D eigenvalue weighted by molar-refractivity contribution is -0.131. The average Bonchev–Trinajstić information content (AvgIpc) is 2.72. The third-order valence-electron chi connectivity index (χ3n) is 5.01. The highest BCUT2D eigenvalue weighted by molar-refractivity contribution is 5.76. The van der Waals surface area contributed by atoms with Crippen LogP contribution in [0.3, 0.4) is 0 Å². The summed E-state index contributed by atoms with van der Waals surface area (Å²) in [5, 5.41) is 9.85. The summed E-state index contributed by atoms with van der Waals surface area (Å²) < 4.78 is 0. The number of nitrogens with zero attached hydrogens (tertiary/aromatic N) is 1. The van der Waals surface area contributed by atoms with Gasteiger partial charge in [-0.05, 0) is 43.9 Å². The summed E-state index contributed by atoms with van der Waals surface area (Å²) in [6.45, 7) is 4.03. The number of likely N-dealkylation sites (tertiary alicyclic amines) is 1. The van der Waals surface area contributed by atoms with Crippen molar-refractivity contribution in [3.05, 3.63) is 0 Å². The molecule has 110 valence electrons. The normalized spacial score (nSPS) is 32.6. The van der Waals surface area contributed by atoms with Crippen LogP contribution >= 0.6 is 0 Å². The zero-order chi connectivity index (χ0) is 13.7. The minimum Gasteiger partial charge on any atom is -0.393 e. The molecule has 3 unspecified atom stereocenters. The predicted octanol–water partition coefficient (Wildman–Crippen LogP) is 2.97. The molecule has 3 heteroatoms. The highest BCUT2D eigenvalue weighted by Crippen LogP contribution is 2.29. The Bertz CT molecular complexity index is 292. The van der Waals surface area contributed by atoms with E-state index in [4.69, 9.17) is 0 Å². The first-order chi connectivity index (χ1) is 9.20. The number of hydrogen-bond acceptors (Lipinski definition) is 2. The van der Waals surface area contributed by atoms with Crippen molar-refractivity contribution >= 4 is 5.91 Å². The zero-order valence-electron chi connectivity index (χ0n) is 12.3. The van der Waals surface area contributed by atoms with Crippen LogP contribution in [0.25, 0.3) is 0 Å². The maximum atomic E-state index is 12.1. The van der Waals surface area contributed by atoms with E-state index in [0.29, 0.717) is 11.8 Å². The Labute approximate surface area is 117 Å². The second-order valence-electron chi connectivity index (χ2n) is 6.41. The van der Waals surface area contributed by atoms with Gasteiger partial charge in [0.05, 0.1) is 6.10 Å². The number of carbonyl (C=O) groups excluding carboxylic acids is 1. The largest absolute Gasteiger partial charge is 0.393 e. The molecule has 1 aliphatic heterocycles. The number of amides is 1. The van der Waals surface area contributed by atoms with E-state index < -0.39 is 0 Å². The van der Waals surface area contributed by atoms with E-state index in [-0.39, 0.29) is 6.10 Å². The van der Waals surface area contributed by atoms with Gasteiger partial charge in [0.25, 0.3) is 0 Å². The van der Waals surface area contributed by atoms with E-state index in [1.165, 1.54) is 19.3 Å². The maximum absolute atomic E-state index is 12.1. The smallest absolute Gasteiger partial charge is 0.222 e. The average molecular weight is 267 g/mol. The first-order valence-electron chi connectivity index (χ1n) is 8.16. The van der Waals surface area contributed by atoms with Crippen LogP contribution in [0.4, 0.5) is 0 Å². The highest BCUT2D eigenvalue weighted by atomic mass is 16.3. The van der Waals surface area contributed by atoms with E-state index >= 15 is 0 Å². The van der Waals surface area contributed by atoms with Crippen LogP contribution < -0.4 is 0 Å². The molecule has 2 aliphatic rings. The standard InChI is InChI=1S/C16H29NO2/c1-2-4-13-7-8-16(19)17(11-9-13)12-10-14-5-3-6-15(14)18/h13-15,18H,2-12H2,1H3. The molecule has 1 saturated heterocycles. The van der Waals surface area contributed by atoms with Gasteiger partial charge >= 0.3 is 0 Å². The molecular formula is C16H29NO2. The van der Waals surface area contributed by atoms with Crippen molar-refractivity contribution in [3.8, 4) is 0 Å². The van der Waals surface area contributed by atoms with E-state index in [1.807, 2.05) is 0 Å². The van der Waals surface area contributed by atoms with Gasteiger partial charge in [0.2, 0.25) is 5.91 Å². The van der Waals surface area contributed by atoms with Crippen molar-refractivity contribution in [1.29, 1.82) is 0 Å². The molecule has 1 amide bonds. The van der Waals surface area contributed by atoms with Gasteiger partial charge in [-0.15, -0.1) is 0 Å². The van der Waals surface area contributed by atoms with Gasteiger partial charge in [0.1, 0.15) is 0 Å². The van der Waals surface area contributed by atoms with Crippen LogP contribution in [0, 0.1) is 11.8 Å². The molecule has 1 aliphatic carbocycles. The van der Waals surface area contributed by atoms with Crippen molar-refractivity contribution in [2.75, 3.05) is 13.1 Å². The van der Waals surface area contributed by atoms with Gasteiger partial charge in [-0.3, -0.25) is 4.79 Å². The summed E-state index contributed by atoms with van der Waals surface area (Å²) in [6.07, 6.45) is 9.60. The fraction of sp³-hybridized carbons (Fsp3) is 0.938. The van der Waals surface area contributed by atoms with E-state index in [0.717, 1.165) is 57.5 Å². The van der Waals surface area contributed by atoms with Crippen LogP contribution in [-0.4, -0.2) is 35.1 Å². The van der Waals surface area contributed by atoms with Crippen molar-refractivity contribution in [2.24, 2.45) is 11.8 Å². The molecule has 0 radical (unpaired) electrons. The van der Waals surface area contributed by atoms with Gasteiger partial charge in [-0.25, -0.2) is 0 Å². The van der Waals surface area contributed by atoms with Crippen LogP contribution in [0.1, 0.15) is 64.7 Å². The number of hydrogen-bond donors (Lipinski definition) is 1. The lowest BCUT2D eigenvalue weighted by atomic mass is 9.96. The molecular weight excluding hydrogens is 238 g/mol. The number of rotatable bonds is 5. The van der Waals surface area contributed by atoms with E-state index in [9.17, 15) is 9.90 Å². The molecule has 19 heavy (non-hydrogen) atoms. The molecule has 0 aromatic heterocycles. The molecule has 3 atom stereocenters. The lowest BCUT2D eigenvalue weighted by Crippen LogP contribution is -2.33. The van der Waals surface area contributed by atoms with Crippen molar-refractivity contribution in [3.63, 3.8) is 0 Å². The first-order valence-corrected chi connectivity index (χ1v) is 8.16. The Morgan fingerprint density at radius 2 is 2.05 bits per heavy atom. The Hall–Kier alpha value is -0.570. The monoisotopic (exact) mass is 267 g/mol. The van der Waals surface area contributed by atoms with Crippen LogP contribution in [-0.2, 0) is 4.79 Å². The first kappa shape index (κ1) is 14.8. The fourth-order valence-corrected chi connectivity index (χ4v) is 3.70. The molecule has 0 bridgehead atoms. The summed E-state index contributed by atoms with van der Waals surface area (Å²) in [6, 6.07) is 0. The fourth-order valence-electron chi connectivity index (χ4n) is 3.70. The van der Waals surface area contributed by atoms with Crippen LogP contribution in [0.2, 0.25) is 0 Å². The van der Waals surface area contributed by atoms with Crippen molar-refractivity contribution in [1.82, 2.24) is 4.90 Å². The summed E-state index contributed by atoms with van der Waals surface area (Å²) in [5.74, 6) is 1.52. The van der Waals surface area contributed by atoms with Crippen LogP contribution in [0.15, 0.2) is 0 Å². The van der Waals surface area contributed by atoms with Crippen molar-refractivity contribution < 1.29 is 9.90 Å². The lowest BCUT2D eigenvalue weighted by Gasteiger charge is -2.23. The van der Waals surface area contributed by atoms with Gasteiger partial charge in [0.15, 0.2) is 0 Å². The minimum absolute atomic E-state index is 0.116. The topological polar surface area (TPSA) is 40.5 Å². The van der Waals surface area contributed by atoms with Gasteiger partial charge in [0, 0.05) is 19.5 Å². The molecule has 0 aromatic carbocycles. The molecule has 1 N–H and O–H groups in total. The molecule has 2 rings (SSSR count). The van der Waals surface area contributed by atoms with Gasteiger partial charge < -0.3 is 10.0 Å². The molecule has 1 saturated carbocycles. The minimum atomic E-state index is -0.116. The third kappa shape index (κ3) is 4.20. The Morgan fingerprint density at radius 3 is 2.74 bits per heavy atom. The zero-order valence-corrected chi connectivity index (χ0v) is 12.3. The molecule has 0 aromatic rings. The number of carbonyl (C=O) groups is 1. The Kier molecular flexibility index (Phi) is 5.68. The quantitative estimate of drug-likeness (QED) is 0.832. The van der Waals surface area contributed by atoms with Gasteiger partial charge in [-0.1, -0.05) is 26.2 Å². The SMILES string of the molecule is CCCC1CCC(=O)N(CCC2CCCC2O)CC1. The molecule has 2 fully saturated rings. The summed E-state index contributed by atoms with van der Waals surface area (Å²) in [5.41, 5.74) is 0. The number of aliphatic hydroxyl groups excluding tert-OH is 1. The second kappa shape index (κ2) is 7.28. The van der Waals surface area contributed by atoms with E-state index in [1.54, 1.807) is 0 Å². The molecule has 1 heterocycles. The summed E-state index contributed by atoms with van der Waals surface area (Å²) in [4.78, 5) is 14.2. The number of aliphatic hydroxyl groups is 1. The second-order valence-corrected chi connectivity index (χ2v) is 6.41. The maximum Gasteiger partial charge on any atom is 0.222 e. The summed E-state index contributed by atoms with van der Waals surface area (Å²) >= 11 is 0. The molecule has 3 nitrogen and oxygen atoms in total. The van der Waals surface area contributed by atoms with Gasteiger partial charge in [-0.2, -0.15) is 0 Å². The highest BCUT2D eigenvalue weighted by Gasteiger charge is 2.27.